The van der Waals surface area contributed by atoms with Crippen molar-refractivity contribution in [2.45, 2.75) is 57.7 Å². The van der Waals surface area contributed by atoms with E-state index < -0.39 is 0 Å². The summed E-state index contributed by atoms with van der Waals surface area (Å²) in [6.45, 7) is 9.19. The molecule has 30 heavy (non-hydrogen) atoms. The predicted molar refractivity (Wildman–Crippen MR) is 130 cm³/mol. The Balaban J connectivity index is 1.61. The van der Waals surface area contributed by atoms with Crippen molar-refractivity contribution in [3.05, 3.63) is 36.7 Å². The molecule has 7 nitrogen and oxygen atoms in total. The molecule has 160 valence electrons. The molecule has 3 aromatic rings. The lowest BCUT2D eigenvalue weighted by atomic mass is 9.79. The fraction of sp³-hybridized carbons (Fsp3) is 0.476. The summed E-state index contributed by atoms with van der Waals surface area (Å²) in [5, 5.41) is 25.1. The zero-order chi connectivity index (χ0) is 21.7. The molecule has 9 heteroatoms. The van der Waals surface area contributed by atoms with Gasteiger partial charge in [0.15, 0.2) is 5.01 Å². The van der Waals surface area contributed by atoms with Crippen molar-refractivity contribution in [2.75, 3.05) is 11.9 Å². The first-order valence-corrected chi connectivity index (χ1v) is 11.7. The maximum atomic E-state index is 10.4. The number of aromatic nitrogens is 4. The maximum absolute atomic E-state index is 10.4. The molecular formula is C21H27IN6OS. The average molecular weight is 538 g/mol. The van der Waals surface area contributed by atoms with Gasteiger partial charge in [-0.25, -0.2) is 7.80 Å². The molecule has 0 bridgehead atoms. The van der Waals surface area contributed by atoms with E-state index in [1.165, 1.54) is 11.3 Å². The molecule has 1 fully saturated rings. The smallest absolute Gasteiger partial charge is 0.208 e. The SMILES string of the molecule is CN(c1nnc(-c2cc(-n3cccn3)ccc2O)s1)C1CC(C)(C)N(I)C(C)(C)C1. The number of phenols is 1. The number of benzene rings is 1. The molecule has 2 aromatic heterocycles. The molecule has 0 unspecified atom stereocenters. The number of phenolic OH excluding ortho intramolecular Hbond substituents is 1. The van der Waals surface area contributed by atoms with Crippen LogP contribution in [0.2, 0.25) is 0 Å². The van der Waals surface area contributed by atoms with Crippen molar-refractivity contribution in [1.29, 1.82) is 0 Å². The van der Waals surface area contributed by atoms with Gasteiger partial charge in [-0.1, -0.05) is 11.3 Å². The lowest BCUT2D eigenvalue weighted by Gasteiger charge is -2.53. The fourth-order valence-corrected chi connectivity index (χ4v) is 5.66. The monoisotopic (exact) mass is 538 g/mol. The average Bonchev–Trinajstić information content (AvgIpc) is 3.37. The lowest BCUT2D eigenvalue weighted by Crippen LogP contribution is -2.59. The lowest BCUT2D eigenvalue weighted by molar-refractivity contribution is 0.0724. The number of anilines is 1. The summed E-state index contributed by atoms with van der Waals surface area (Å²) in [6.07, 6.45) is 5.70. The summed E-state index contributed by atoms with van der Waals surface area (Å²) in [7, 11) is 2.10. The van der Waals surface area contributed by atoms with Crippen molar-refractivity contribution in [1.82, 2.24) is 23.1 Å². The molecule has 0 atom stereocenters. The molecule has 0 spiro atoms. The van der Waals surface area contributed by atoms with Crippen LogP contribution in [-0.2, 0) is 0 Å². The van der Waals surface area contributed by atoms with Gasteiger partial charge in [-0.3, -0.25) is 0 Å². The number of hydrogen-bond donors (Lipinski definition) is 1. The predicted octanol–water partition coefficient (Wildman–Crippen LogP) is 4.90. The number of rotatable bonds is 4. The van der Waals surface area contributed by atoms with Gasteiger partial charge in [0.05, 0.1) is 11.3 Å². The van der Waals surface area contributed by atoms with Crippen molar-refractivity contribution >= 4 is 39.3 Å². The maximum Gasteiger partial charge on any atom is 0.208 e. The molecule has 3 heterocycles. The van der Waals surface area contributed by atoms with Crippen LogP contribution in [0.25, 0.3) is 16.3 Å². The van der Waals surface area contributed by atoms with Gasteiger partial charge in [-0.05, 0) is 64.8 Å². The summed E-state index contributed by atoms with van der Waals surface area (Å²) in [4.78, 5) is 2.25. The van der Waals surface area contributed by atoms with Crippen LogP contribution in [0, 0.1) is 0 Å². The molecule has 4 rings (SSSR count). The highest BCUT2D eigenvalue weighted by Gasteiger charge is 2.45. The van der Waals surface area contributed by atoms with Gasteiger partial charge in [0.2, 0.25) is 5.13 Å². The minimum atomic E-state index is 0.0884. The van der Waals surface area contributed by atoms with Crippen LogP contribution < -0.4 is 4.90 Å². The van der Waals surface area contributed by atoms with Crippen molar-refractivity contribution in [3.63, 3.8) is 0 Å². The van der Waals surface area contributed by atoms with Crippen LogP contribution in [-0.4, -0.2) is 52.4 Å². The van der Waals surface area contributed by atoms with E-state index in [9.17, 15) is 5.11 Å². The number of hydrogen-bond acceptors (Lipinski definition) is 7. The minimum absolute atomic E-state index is 0.0884. The van der Waals surface area contributed by atoms with Crippen molar-refractivity contribution < 1.29 is 5.11 Å². The molecule has 1 aliphatic rings. The largest absolute Gasteiger partial charge is 0.507 e. The Bertz CT molecular complexity index is 1010. The Morgan fingerprint density at radius 1 is 1.17 bits per heavy atom. The van der Waals surface area contributed by atoms with Crippen LogP contribution in [0.1, 0.15) is 40.5 Å². The molecule has 0 saturated carbocycles. The van der Waals surface area contributed by atoms with Crippen molar-refractivity contribution in [2.24, 2.45) is 0 Å². The van der Waals surface area contributed by atoms with Crippen LogP contribution >= 0.6 is 34.2 Å². The first-order valence-electron chi connectivity index (χ1n) is 9.94. The van der Waals surface area contributed by atoms with E-state index in [4.69, 9.17) is 0 Å². The van der Waals surface area contributed by atoms with Crippen LogP contribution in [0.15, 0.2) is 36.7 Å². The number of aromatic hydroxyl groups is 1. The second-order valence-electron chi connectivity index (χ2n) is 9.12. The van der Waals surface area contributed by atoms with Gasteiger partial charge in [0, 0.05) is 59.4 Å². The van der Waals surface area contributed by atoms with E-state index >= 15 is 0 Å². The minimum Gasteiger partial charge on any atom is -0.507 e. The molecule has 1 aromatic carbocycles. The Morgan fingerprint density at radius 2 is 1.87 bits per heavy atom. The molecule has 1 aliphatic heterocycles. The van der Waals surface area contributed by atoms with Crippen LogP contribution in [0.3, 0.4) is 0 Å². The van der Waals surface area contributed by atoms with Gasteiger partial charge >= 0.3 is 0 Å². The molecule has 1 saturated heterocycles. The molecule has 0 amide bonds. The second-order valence-corrected chi connectivity index (χ2v) is 11.0. The quantitative estimate of drug-likeness (QED) is 0.377. The third-order valence-electron chi connectivity index (χ3n) is 5.78. The van der Waals surface area contributed by atoms with E-state index in [1.807, 2.05) is 24.4 Å². The van der Waals surface area contributed by atoms with E-state index in [1.54, 1.807) is 16.9 Å². The Hall–Kier alpha value is -1.72. The second kappa shape index (κ2) is 7.76. The third-order valence-corrected chi connectivity index (χ3v) is 9.44. The first kappa shape index (κ1) is 21.5. The van der Waals surface area contributed by atoms with Gasteiger partial charge in [-0.2, -0.15) is 5.10 Å². The van der Waals surface area contributed by atoms with E-state index in [0.717, 1.165) is 23.7 Å². The Labute approximate surface area is 195 Å². The topological polar surface area (TPSA) is 70.3 Å². The highest BCUT2D eigenvalue weighted by Crippen LogP contribution is 2.44. The fourth-order valence-electron chi connectivity index (χ4n) is 4.36. The van der Waals surface area contributed by atoms with Crippen LogP contribution in [0.4, 0.5) is 5.13 Å². The number of halogens is 1. The summed E-state index contributed by atoms with van der Waals surface area (Å²) in [5.41, 5.74) is 1.72. The van der Waals surface area contributed by atoms with E-state index in [0.29, 0.717) is 16.6 Å². The van der Waals surface area contributed by atoms with Gasteiger partial charge in [0.25, 0.3) is 0 Å². The Morgan fingerprint density at radius 3 is 2.50 bits per heavy atom. The highest BCUT2D eigenvalue weighted by molar-refractivity contribution is 14.1. The standard InChI is InChI=1S/C21H27IN6OS/c1-20(2)12-15(13-21(3,4)28(20)22)26(5)19-25-24-18(30-19)16-11-14(7-8-17(16)29)27-10-6-9-23-27/h6-11,15,29H,12-13H2,1-5H3. The zero-order valence-corrected chi connectivity index (χ0v) is 20.8. The summed E-state index contributed by atoms with van der Waals surface area (Å²) in [6, 6.07) is 7.65. The van der Waals surface area contributed by atoms with Gasteiger partial charge in [0.1, 0.15) is 5.75 Å². The zero-order valence-electron chi connectivity index (χ0n) is 17.9. The summed E-state index contributed by atoms with van der Waals surface area (Å²) in [5.74, 6) is 0.191. The van der Waals surface area contributed by atoms with Crippen LogP contribution in [0.5, 0.6) is 5.75 Å². The third kappa shape index (κ3) is 3.94. The normalized spacial score (nSPS) is 19.1. The Kier molecular flexibility index (Phi) is 5.56. The highest BCUT2D eigenvalue weighted by atomic mass is 127. The summed E-state index contributed by atoms with van der Waals surface area (Å²) < 4.78 is 4.21. The first-order chi connectivity index (χ1) is 14.1. The van der Waals surface area contributed by atoms with Crippen molar-refractivity contribution in [3.8, 4) is 22.0 Å². The van der Waals surface area contributed by atoms with Gasteiger partial charge < -0.3 is 10.0 Å². The van der Waals surface area contributed by atoms with Gasteiger partial charge in [-0.15, -0.1) is 10.2 Å². The number of piperidine rings is 1. The molecule has 0 radical (unpaired) electrons. The number of nitrogens with zero attached hydrogens (tertiary/aromatic N) is 6. The molecule has 1 N–H and O–H groups in total. The molecular weight excluding hydrogens is 511 g/mol. The molecule has 0 aliphatic carbocycles. The van der Waals surface area contributed by atoms with E-state index in [-0.39, 0.29) is 16.8 Å². The summed E-state index contributed by atoms with van der Waals surface area (Å²) >= 11 is 3.98. The van der Waals surface area contributed by atoms with E-state index in [2.05, 4.69) is 80.9 Å².